The molecule has 0 spiro atoms. The van der Waals surface area contributed by atoms with Gasteiger partial charge in [-0.05, 0) is 38.5 Å². The summed E-state index contributed by atoms with van der Waals surface area (Å²) in [7, 11) is -3.44. The molecule has 0 aliphatic carbocycles. The van der Waals surface area contributed by atoms with Crippen molar-refractivity contribution in [3.8, 4) is 0 Å². The van der Waals surface area contributed by atoms with Crippen LogP contribution < -0.4 is 5.32 Å². The van der Waals surface area contributed by atoms with Crippen LogP contribution in [0.3, 0.4) is 0 Å². The lowest BCUT2D eigenvalue weighted by Crippen LogP contribution is -2.33. The molecular formula is C18H24NO3P. The van der Waals surface area contributed by atoms with Crippen LogP contribution >= 0.6 is 7.60 Å². The average molecular weight is 333 g/mol. The zero-order valence-corrected chi connectivity index (χ0v) is 14.8. The molecule has 0 aromatic heterocycles. The number of para-hydroxylation sites is 1. The highest BCUT2D eigenvalue weighted by Crippen LogP contribution is 2.64. The van der Waals surface area contributed by atoms with Crippen LogP contribution in [0.5, 0.6) is 0 Å². The Morgan fingerprint density at radius 3 is 1.87 bits per heavy atom. The van der Waals surface area contributed by atoms with Crippen molar-refractivity contribution in [3.63, 3.8) is 0 Å². The molecule has 0 aliphatic heterocycles. The summed E-state index contributed by atoms with van der Waals surface area (Å²) in [5, 5.41) is 2.38. The van der Waals surface area contributed by atoms with Crippen LogP contribution in [0.2, 0.25) is 0 Å². The molecule has 124 valence electrons. The molecule has 0 aliphatic rings. The molecule has 0 amide bonds. The first-order chi connectivity index (χ1) is 11.1. The van der Waals surface area contributed by atoms with Gasteiger partial charge in [-0.25, -0.2) is 0 Å². The number of hydrogen-bond donors (Lipinski definition) is 1. The third-order valence-electron chi connectivity index (χ3n) is 3.64. The Bertz CT molecular complexity index is 638. The van der Waals surface area contributed by atoms with Crippen LogP contribution in [0.15, 0.2) is 60.7 Å². The van der Waals surface area contributed by atoms with E-state index in [-0.39, 0.29) is 0 Å². The maximum absolute atomic E-state index is 13.5. The van der Waals surface area contributed by atoms with Crippen molar-refractivity contribution in [2.75, 3.05) is 18.5 Å². The molecule has 1 atom stereocenters. The SMILES string of the molecule is CCOP(=O)(OCC)C(C)(Nc1ccccc1)c1ccccc1. The largest absolute Gasteiger partial charge is 0.366 e. The lowest BCUT2D eigenvalue weighted by molar-refractivity contribution is 0.202. The Balaban J connectivity index is 2.52. The lowest BCUT2D eigenvalue weighted by atomic mass is 10.1. The summed E-state index contributed by atoms with van der Waals surface area (Å²) >= 11 is 0. The molecule has 2 rings (SSSR count). The van der Waals surface area contributed by atoms with Crippen molar-refractivity contribution in [2.24, 2.45) is 0 Å². The van der Waals surface area contributed by atoms with Gasteiger partial charge < -0.3 is 14.4 Å². The Morgan fingerprint density at radius 2 is 1.39 bits per heavy atom. The Kier molecular flexibility index (Phi) is 6.00. The van der Waals surface area contributed by atoms with Gasteiger partial charge in [-0.2, -0.15) is 0 Å². The minimum absolute atomic E-state index is 0.316. The minimum Gasteiger partial charge on any atom is -0.366 e. The first kappa shape index (κ1) is 17.7. The summed E-state index contributed by atoms with van der Waals surface area (Å²) in [5.74, 6) is 0. The van der Waals surface area contributed by atoms with E-state index in [9.17, 15) is 4.57 Å². The van der Waals surface area contributed by atoms with E-state index in [1.165, 1.54) is 0 Å². The Morgan fingerprint density at radius 1 is 0.913 bits per heavy atom. The number of nitrogens with one attached hydrogen (secondary N) is 1. The molecule has 0 fully saturated rings. The van der Waals surface area contributed by atoms with Crippen molar-refractivity contribution in [1.29, 1.82) is 0 Å². The first-order valence-electron chi connectivity index (χ1n) is 7.83. The van der Waals surface area contributed by atoms with Gasteiger partial charge in [0.05, 0.1) is 13.2 Å². The maximum Gasteiger partial charge on any atom is 0.360 e. The number of anilines is 1. The second-order valence-electron chi connectivity index (χ2n) is 5.26. The Hall–Kier alpha value is -1.61. The fraction of sp³-hybridized carbons (Fsp3) is 0.333. The van der Waals surface area contributed by atoms with E-state index < -0.39 is 12.9 Å². The zero-order chi connectivity index (χ0) is 16.8. The highest BCUT2D eigenvalue weighted by molar-refractivity contribution is 7.55. The molecule has 0 heterocycles. The summed E-state index contributed by atoms with van der Waals surface area (Å²) < 4.78 is 24.8. The first-order valence-corrected chi connectivity index (χ1v) is 9.38. The summed E-state index contributed by atoms with van der Waals surface area (Å²) in [6.07, 6.45) is 0. The van der Waals surface area contributed by atoms with Crippen molar-refractivity contribution in [3.05, 3.63) is 66.2 Å². The molecule has 2 aromatic carbocycles. The molecule has 5 heteroatoms. The summed E-state index contributed by atoms with van der Waals surface area (Å²) in [4.78, 5) is 0. The van der Waals surface area contributed by atoms with Gasteiger partial charge in [0.1, 0.15) is 0 Å². The molecule has 4 nitrogen and oxygen atoms in total. The third-order valence-corrected chi connectivity index (χ3v) is 6.30. The van der Waals surface area contributed by atoms with E-state index in [0.29, 0.717) is 13.2 Å². The van der Waals surface area contributed by atoms with E-state index in [4.69, 9.17) is 9.05 Å². The van der Waals surface area contributed by atoms with Crippen molar-refractivity contribution in [2.45, 2.75) is 26.1 Å². The lowest BCUT2D eigenvalue weighted by Gasteiger charge is -2.37. The van der Waals surface area contributed by atoms with Crippen LogP contribution in [-0.2, 0) is 18.9 Å². The van der Waals surface area contributed by atoms with Crippen molar-refractivity contribution >= 4 is 13.3 Å². The van der Waals surface area contributed by atoms with Crippen LogP contribution in [0.1, 0.15) is 26.3 Å². The molecule has 0 saturated carbocycles. The van der Waals surface area contributed by atoms with Gasteiger partial charge >= 0.3 is 7.60 Å². The number of rotatable bonds is 8. The molecule has 2 aromatic rings. The molecule has 0 bridgehead atoms. The zero-order valence-electron chi connectivity index (χ0n) is 13.9. The molecule has 0 saturated heterocycles. The third kappa shape index (κ3) is 3.84. The monoisotopic (exact) mass is 333 g/mol. The average Bonchev–Trinajstić information content (AvgIpc) is 2.57. The van der Waals surface area contributed by atoms with Gasteiger partial charge in [0.2, 0.25) is 0 Å². The number of hydrogen-bond acceptors (Lipinski definition) is 4. The highest BCUT2D eigenvalue weighted by atomic mass is 31.2. The fourth-order valence-corrected chi connectivity index (χ4v) is 4.50. The van der Waals surface area contributed by atoms with Crippen LogP contribution in [0.25, 0.3) is 0 Å². The summed E-state index contributed by atoms with van der Waals surface area (Å²) in [6, 6.07) is 19.3. The van der Waals surface area contributed by atoms with E-state index in [1.807, 2.05) is 81.4 Å². The van der Waals surface area contributed by atoms with Gasteiger partial charge in [-0.15, -0.1) is 0 Å². The molecule has 23 heavy (non-hydrogen) atoms. The Labute approximate surface area is 138 Å². The molecule has 0 radical (unpaired) electrons. The van der Waals surface area contributed by atoms with Crippen molar-refractivity contribution < 1.29 is 13.6 Å². The van der Waals surface area contributed by atoms with E-state index in [0.717, 1.165) is 11.3 Å². The van der Waals surface area contributed by atoms with Crippen LogP contribution in [0.4, 0.5) is 5.69 Å². The van der Waals surface area contributed by atoms with Crippen LogP contribution in [0, 0.1) is 0 Å². The van der Waals surface area contributed by atoms with Gasteiger partial charge in [-0.1, -0.05) is 48.5 Å². The highest BCUT2D eigenvalue weighted by Gasteiger charge is 2.48. The molecule has 1 unspecified atom stereocenters. The van der Waals surface area contributed by atoms with Crippen molar-refractivity contribution in [1.82, 2.24) is 0 Å². The fourth-order valence-electron chi connectivity index (χ4n) is 2.50. The van der Waals surface area contributed by atoms with Gasteiger partial charge in [0.25, 0.3) is 0 Å². The smallest absolute Gasteiger partial charge is 0.360 e. The van der Waals surface area contributed by atoms with E-state index >= 15 is 0 Å². The van der Waals surface area contributed by atoms with Gasteiger partial charge in [0, 0.05) is 5.69 Å². The van der Waals surface area contributed by atoms with Crippen LogP contribution in [-0.4, -0.2) is 13.2 Å². The molecule has 1 N–H and O–H groups in total. The minimum atomic E-state index is -3.44. The second kappa shape index (κ2) is 7.78. The predicted molar refractivity (Wildman–Crippen MR) is 94.7 cm³/mol. The summed E-state index contributed by atoms with van der Waals surface area (Å²) in [5.41, 5.74) is 1.72. The maximum atomic E-state index is 13.5. The predicted octanol–water partition coefficient (Wildman–Crippen LogP) is 5.24. The van der Waals surface area contributed by atoms with Gasteiger partial charge in [-0.3, -0.25) is 4.57 Å². The second-order valence-corrected chi connectivity index (χ2v) is 7.67. The van der Waals surface area contributed by atoms with E-state index in [2.05, 4.69) is 5.32 Å². The summed E-state index contributed by atoms with van der Waals surface area (Å²) in [6.45, 7) is 6.13. The number of benzene rings is 2. The van der Waals surface area contributed by atoms with Gasteiger partial charge in [0.15, 0.2) is 5.28 Å². The normalized spacial score (nSPS) is 14.2. The molecular weight excluding hydrogens is 309 g/mol. The quantitative estimate of drug-likeness (QED) is 0.671. The topological polar surface area (TPSA) is 47.6 Å². The standard InChI is InChI=1S/C18H24NO3P/c1-4-21-23(20,22-5-2)18(3,16-12-8-6-9-13-16)19-17-14-10-7-11-15-17/h6-15,19H,4-5H2,1-3H3. The van der Waals surface area contributed by atoms with E-state index in [1.54, 1.807) is 0 Å².